The molecule has 0 bridgehead atoms. The summed E-state index contributed by atoms with van der Waals surface area (Å²) < 4.78 is 5.75. The van der Waals surface area contributed by atoms with E-state index in [0.29, 0.717) is 0 Å². The van der Waals surface area contributed by atoms with Crippen molar-refractivity contribution >= 4 is 0 Å². The predicted octanol–water partition coefficient (Wildman–Crippen LogP) is 2.52. The van der Waals surface area contributed by atoms with Crippen LogP contribution in [-0.4, -0.2) is 11.2 Å². The van der Waals surface area contributed by atoms with Gasteiger partial charge in [0.1, 0.15) is 0 Å². The average Bonchev–Trinajstić information content (AvgIpc) is 1.73. The second-order valence-electron chi connectivity index (χ2n) is 4.15. The molecule has 1 saturated heterocycles. The molecule has 1 nitrogen and oxygen atoms in total. The lowest BCUT2D eigenvalue weighted by Crippen LogP contribution is -2.26. The first-order valence-corrected chi connectivity index (χ1v) is 3.72. The van der Waals surface area contributed by atoms with Crippen molar-refractivity contribution in [3.63, 3.8) is 0 Å². The van der Waals surface area contributed by atoms with Crippen LogP contribution in [0.5, 0.6) is 0 Å². The van der Waals surface area contributed by atoms with Gasteiger partial charge in [-0.15, -0.1) is 0 Å². The van der Waals surface area contributed by atoms with Gasteiger partial charge in [-0.25, -0.2) is 0 Å². The van der Waals surface area contributed by atoms with E-state index in [0.717, 1.165) is 6.42 Å². The van der Waals surface area contributed by atoms with Crippen LogP contribution in [0, 0.1) is 0 Å². The maximum atomic E-state index is 5.75. The Bertz CT molecular complexity index is 166. The fourth-order valence-electron chi connectivity index (χ4n) is 1.53. The van der Waals surface area contributed by atoms with Crippen molar-refractivity contribution in [3.8, 4) is 0 Å². The van der Waals surface area contributed by atoms with E-state index in [9.17, 15) is 0 Å². The summed E-state index contributed by atoms with van der Waals surface area (Å²) in [6, 6.07) is 0. The molecule has 0 amide bonds. The Hall–Kier alpha value is -0.300. The standard InChI is InChI=1S/C9H16O/c1-7-6-8(2,3)10-9(7,4)5/h1,6H2,2-5H3. The molecular weight excluding hydrogens is 124 g/mol. The van der Waals surface area contributed by atoms with Crippen LogP contribution in [-0.2, 0) is 4.74 Å². The summed E-state index contributed by atoms with van der Waals surface area (Å²) in [6.07, 6.45) is 0.986. The Balaban J connectivity index is 2.81. The van der Waals surface area contributed by atoms with Crippen molar-refractivity contribution in [2.75, 3.05) is 0 Å². The lowest BCUT2D eigenvalue weighted by molar-refractivity contribution is -0.0566. The number of ether oxygens (including phenoxy) is 1. The molecule has 1 fully saturated rings. The SMILES string of the molecule is C=C1CC(C)(C)OC1(C)C. The van der Waals surface area contributed by atoms with Gasteiger partial charge in [0.15, 0.2) is 0 Å². The summed E-state index contributed by atoms with van der Waals surface area (Å²) in [5.74, 6) is 0. The molecular formula is C9H16O. The monoisotopic (exact) mass is 140 g/mol. The number of hydrogen-bond acceptors (Lipinski definition) is 1. The first-order chi connectivity index (χ1) is 4.33. The van der Waals surface area contributed by atoms with E-state index in [1.165, 1.54) is 5.57 Å². The summed E-state index contributed by atoms with van der Waals surface area (Å²) >= 11 is 0. The molecule has 0 atom stereocenters. The second-order valence-corrected chi connectivity index (χ2v) is 4.15. The van der Waals surface area contributed by atoms with Gasteiger partial charge >= 0.3 is 0 Å². The molecule has 1 aliphatic heterocycles. The van der Waals surface area contributed by atoms with E-state index in [1.54, 1.807) is 0 Å². The molecule has 0 N–H and O–H groups in total. The van der Waals surface area contributed by atoms with E-state index in [2.05, 4.69) is 34.3 Å². The zero-order chi connectivity index (χ0) is 7.99. The minimum Gasteiger partial charge on any atom is -0.365 e. The van der Waals surface area contributed by atoms with Gasteiger partial charge in [0, 0.05) is 0 Å². The van der Waals surface area contributed by atoms with Gasteiger partial charge in [0.05, 0.1) is 11.2 Å². The molecule has 0 radical (unpaired) electrons. The van der Waals surface area contributed by atoms with E-state index in [4.69, 9.17) is 4.74 Å². The molecule has 10 heavy (non-hydrogen) atoms. The Labute approximate surface area is 63.1 Å². The van der Waals surface area contributed by atoms with Crippen LogP contribution >= 0.6 is 0 Å². The molecule has 0 aromatic heterocycles. The topological polar surface area (TPSA) is 9.23 Å². The minimum absolute atomic E-state index is 0.000579. The molecule has 1 heteroatoms. The Morgan fingerprint density at radius 1 is 1.30 bits per heavy atom. The highest BCUT2D eigenvalue weighted by Crippen LogP contribution is 2.39. The molecule has 1 aliphatic rings. The quantitative estimate of drug-likeness (QED) is 0.470. The van der Waals surface area contributed by atoms with Crippen molar-refractivity contribution in [2.24, 2.45) is 0 Å². The molecule has 0 saturated carbocycles. The van der Waals surface area contributed by atoms with Gasteiger partial charge in [-0.2, -0.15) is 0 Å². The first-order valence-electron chi connectivity index (χ1n) is 3.72. The molecule has 1 heterocycles. The molecule has 0 aromatic rings. The predicted molar refractivity (Wildman–Crippen MR) is 43.0 cm³/mol. The van der Waals surface area contributed by atoms with E-state index in [-0.39, 0.29) is 11.2 Å². The van der Waals surface area contributed by atoms with Gasteiger partial charge < -0.3 is 4.74 Å². The first kappa shape index (κ1) is 7.80. The maximum Gasteiger partial charge on any atom is 0.0841 e. The van der Waals surface area contributed by atoms with Crippen molar-refractivity contribution in [2.45, 2.75) is 45.3 Å². The fourth-order valence-corrected chi connectivity index (χ4v) is 1.53. The lowest BCUT2D eigenvalue weighted by atomic mass is 9.96. The maximum absolute atomic E-state index is 5.75. The average molecular weight is 140 g/mol. The zero-order valence-corrected chi connectivity index (χ0v) is 7.32. The van der Waals surface area contributed by atoms with Crippen molar-refractivity contribution in [1.82, 2.24) is 0 Å². The van der Waals surface area contributed by atoms with Crippen LogP contribution in [0.1, 0.15) is 34.1 Å². The van der Waals surface area contributed by atoms with E-state index >= 15 is 0 Å². The lowest BCUT2D eigenvalue weighted by Gasteiger charge is -2.23. The molecule has 0 aliphatic carbocycles. The fraction of sp³-hybridized carbons (Fsp3) is 0.778. The van der Waals surface area contributed by atoms with Crippen molar-refractivity contribution in [3.05, 3.63) is 12.2 Å². The van der Waals surface area contributed by atoms with Crippen LogP contribution < -0.4 is 0 Å². The third kappa shape index (κ3) is 1.24. The third-order valence-corrected chi connectivity index (χ3v) is 2.02. The summed E-state index contributed by atoms with van der Waals surface area (Å²) in [4.78, 5) is 0. The highest BCUT2D eigenvalue weighted by atomic mass is 16.5. The number of rotatable bonds is 0. The van der Waals surface area contributed by atoms with Gasteiger partial charge in [-0.3, -0.25) is 0 Å². The van der Waals surface area contributed by atoms with Gasteiger partial charge in [0.2, 0.25) is 0 Å². The molecule has 1 rings (SSSR count). The Morgan fingerprint density at radius 2 is 1.80 bits per heavy atom. The van der Waals surface area contributed by atoms with Crippen LogP contribution in [0.15, 0.2) is 12.2 Å². The summed E-state index contributed by atoms with van der Waals surface area (Å²) in [5, 5.41) is 0. The second kappa shape index (κ2) is 1.85. The minimum atomic E-state index is -0.108. The van der Waals surface area contributed by atoms with Crippen LogP contribution in [0.4, 0.5) is 0 Å². The summed E-state index contributed by atoms with van der Waals surface area (Å²) in [7, 11) is 0. The van der Waals surface area contributed by atoms with Crippen LogP contribution in [0.3, 0.4) is 0 Å². The zero-order valence-electron chi connectivity index (χ0n) is 7.32. The van der Waals surface area contributed by atoms with Gasteiger partial charge in [0.25, 0.3) is 0 Å². The molecule has 0 aromatic carbocycles. The smallest absolute Gasteiger partial charge is 0.0841 e. The third-order valence-electron chi connectivity index (χ3n) is 2.02. The van der Waals surface area contributed by atoms with E-state index in [1.807, 2.05) is 0 Å². The largest absolute Gasteiger partial charge is 0.365 e. The Morgan fingerprint density at radius 3 is 1.90 bits per heavy atom. The molecule has 0 unspecified atom stereocenters. The van der Waals surface area contributed by atoms with Crippen molar-refractivity contribution in [1.29, 1.82) is 0 Å². The molecule has 58 valence electrons. The normalized spacial score (nSPS) is 29.0. The van der Waals surface area contributed by atoms with E-state index < -0.39 is 0 Å². The van der Waals surface area contributed by atoms with Crippen LogP contribution in [0.2, 0.25) is 0 Å². The van der Waals surface area contributed by atoms with Gasteiger partial charge in [-0.05, 0) is 39.7 Å². The van der Waals surface area contributed by atoms with Crippen LogP contribution in [0.25, 0.3) is 0 Å². The van der Waals surface area contributed by atoms with Gasteiger partial charge in [-0.1, -0.05) is 6.58 Å². The summed E-state index contributed by atoms with van der Waals surface area (Å²) in [5.41, 5.74) is 1.10. The highest BCUT2D eigenvalue weighted by molar-refractivity contribution is 5.17. The Kier molecular flexibility index (Phi) is 1.44. The summed E-state index contributed by atoms with van der Waals surface area (Å²) in [6.45, 7) is 12.3. The highest BCUT2D eigenvalue weighted by Gasteiger charge is 2.40. The van der Waals surface area contributed by atoms with Crippen molar-refractivity contribution < 1.29 is 4.74 Å². The number of hydrogen-bond donors (Lipinski definition) is 0. The molecule has 0 spiro atoms.